The van der Waals surface area contributed by atoms with Gasteiger partial charge >= 0.3 is 0 Å². The highest BCUT2D eigenvalue weighted by Gasteiger charge is 2.56. The highest BCUT2D eigenvalue weighted by Crippen LogP contribution is 2.57. The first-order chi connectivity index (χ1) is 31.5. The van der Waals surface area contributed by atoms with Crippen LogP contribution in [0.3, 0.4) is 0 Å². The topological polar surface area (TPSA) is 50.2 Å². The summed E-state index contributed by atoms with van der Waals surface area (Å²) in [6.45, 7) is 4.66. The maximum absolute atomic E-state index is 6.63. The van der Waals surface area contributed by atoms with Gasteiger partial charge in [-0.3, -0.25) is 0 Å². The third kappa shape index (κ3) is 5.65. The van der Waals surface area contributed by atoms with Crippen LogP contribution < -0.4 is 0 Å². The van der Waals surface area contributed by atoms with Gasteiger partial charge in [0.1, 0.15) is 16.7 Å². The van der Waals surface area contributed by atoms with Crippen molar-refractivity contribution in [2.45, 2.75) is 31.2 Å². The Labute approximate surface area is 372 Å². The summed E-state index contributed by atoms with van der Waals surface area (Å²) < 4.78 is 6.63. The van der Waals surface area contributed by atoms with E-state index in [1.165, 1.54) is 22.3 Å². The van der Waals surface area contributed by atoms with Crippen molar-refractivity contribution in [3.05, 3.63) is 240 Å². The molecule has 2 heterocycles. The number of benzene rings is 9. The van der Waals surface area contributed by atoms with Gasteiger partial charge in [0.2, 0.25) is 0 Å². The molecule has 0 fully saturated rings. The number of hydrogen-bond acceptors (Lipinski definition) is 4. The zero-order valence-corrected chi connectivity index (χ0v) is 35.7. The summed E-state index contributed by atoms with van der Waals surface area (Å²) >= 11 is 0. The summed E-state index contributed by atoms with van der Waals surface area (Å²) in [5.41, 5.74) is 17.8. The summed E-state index contributed by atoms with van der Waals surface area (Å²) in [5.74, 6) is 0. The molecule has 64 heavy (non-hydrogen) atoms. The summed E-state index contributed by atoms with van der Waals surface area (Å²) in [4.78, 5) is 0. The van der Waals surface area contributed by atoms with Crippen LogP contribution in [0.1, 0.15) is 41.7 Å². The zero-order chi connectivity index (χ0) is 42.8. The standard InChI is InChI=1S/C60H43N3O/c1-59(51-32-16-14-28-44(51)39-20-6-3-7-21-39)58(61-63-62-60(59,2)52-33-18-30-47-43-27-13-12-26-42(43)38-50(47)52)57-46(41-24-10-5-11-25-41)37-36-45(40-22-8-4-9-23-40)56(57)49-31-19-35-54-55(49)48-29-15-17-34-53(48)64-54/h3-37H,38H2,1-2H3. The van der Waals surface area contributed by atoms with E-state index in [-0.39, 0.29) is 0 Å². The van der Waals surface area contributed by atoms with Crippen molar-refractivity contribution in [3.8, 4) is 55.6 Å². The molecule has 12 rings (SSSR count). The van der Waals surface area contributed by atoms with Crippen molar-refractivity contribution in [3.63, 3.8) is 0 Å². The van der Waals surface area contributed by atoms with Crippen molar-refractivity contribution in [2.24, 2.45) is 15.4 Å². The first-order valence-electron chi connectivity index (χ1n) is 22.1. The van der Waals surface area contributed by atoms with Crippen LogP contribution in [-0.4, -0.2) is 5.71 Å². The molecule has 1 aliphatic carbocycles. The number of para-hydroxylation sites is 1. The SMILES string of the molecule is CC1(c2cccc3c2Cc2ccccc2-3)N=NN=C(c2c(-c3ccccc3)ccc(-c3ccccc3)c2-c2cccc3oc4ccccc4c23)C1(C)c1ccccc1-c1ccccc1. The van der Waals surface area contributed by atoms with E-state index >= 15 is 0 Å². The third-order valence-electron chi connectivity index (χ3n) is 14.0. The van der Waals surface area contributed by atoms with E-state index in [0.717, 1.165) is 95.3 Å². The van der Waals surface area contributed by atoms with Crippen molar-refractivity contribution in [2.75, 3.05) is 0 Å². The molecule has 9 aromatic carbocycles. The number of fused-ring (bicyclic) bond motifs is 6. The molecule has 0 spiro atoms. The molecular weight excluding hydrogens is 779 g/mol. The molecule has 0 saturated carbocycles. The molecule has 2 atom stereocenters. The summed E-state index contributed by atoms with van der Waals surface area (Å²) in [7, 11) is 0. The predicted octanol–water partition coefficient (Wildman–Crippen LogP) is 15.9. The molecule has 304 valence electrons. The van der Waals surface area contributed by atoms with Crippen LogP contribution in [0.25, 0.3) is 77.6 Å². The first kappa shape index (κ1) is 37.8. The van der Waals surface area contributed by atoms with Crippen LogP contribution in [0.5, 0.6) is 0 Å². The summed E-state index contributed by atoms with van der Waals surface area (Å²) in [5, 5.41) is 17.9. The van der Waals surface area contributed by atoms with E-state index in [0.29, 0.717) is 0 Å². The van der Waals surface area contributed by atoms with Crippen molar-refractivity contribution < 1.29 is 4.42 Å². The second-order valence-corrected chi connectivity index (χ2v) is 17.3. The lowest BCUT2D eigenvalue weighted by Crippen LogP contribution is -2.52. The molecule has 4 heteroatoms. The molecule has 0 amide bonds. The summed E-state index contributed by atoms with van der Waals surface area (Å²) in [6.07, 6.45) is 0.815. The van der Waals surface area contributed by atoms with E-state index in [1.54, 1.807) is 0 Å². The largest absolute Gasteiger partial charge is 0.456 e. The average Bonchev–Trinajstić information content (AvgIpc) is 3.94. The van der Waals surface area contributed by atoms with Crippen LogP contribution in [-0.2, 0) is 17.4 Å². The van der Waals surface area contributed by atoms with Crippen LogP contribution >= 0.6 is 0 Å². The van der Waals surface area contributed by atoms with Gasteiger partial charge in [-0.25, -0.2) is 0 Å². The fourth-order valence-corrected chi connectivity index (χ4v) is 10.8. The lowest BCUT2D eigenvalue weighted by Gasteiger charge is -2.48. The van der Waals surface area contributed by atoms with Gasteiger partial charge in [-0.05, 0) is 110 Å². The van der Waals surface area contributed by atoms with Gasteiger partial charge in [0, 0.05) is 21.9 Å². The average molecular weight is 822 g/mol. The number of nitrogens with zero attached hydrogens (tertiary/aromatic N) is 3. The Kier molecular flexibility index (Phi) is 8.77. The third-order valence-corrected chi connectivity index (χ3v) is 14.0. The predicted molar refractivity (Wildman–Crippen MR) is 263 cm³/mol. The molecular formula is C60H43N3O. The minimum atomic E-state index is -0.940. The monoisotopic (exact) mass is 821 g/mol. The van der Waals surface area contributed by atoms with Crippen molar-refractivity contribution >= 4 is 27.7 Å². The Balaban J connectivity index is 1.24. The zero-order valence-electron chi connectivity index (χ0n) is 35.7. The number of hydrogen-bond donors (Lipinski definition) is 0. The fourth-order valence-electron chi connectivity index (χ4n) is 10.8. The maximum Gasteiger partial charge on any atom is 0.136 e. The van der Waals surface area contributed by atoms with Gasteiger partial charge in [0.15, 0.2) is 0 Å². The molecule has 4 nitrogen and oxygen atoms in total. The molecule has 10 aromatic rings. The molecule has 1 aliphatic heterocycles. The van der Waals surface area contributed by atoms with Crippen molar-refractivity contribution in [1.29, 1.82) is 0 Å². The van der Waals surface area contributed by atoms with E-state index in [1.807, 2.05) is 6.07 Å². The second kappa shape index (κ2) is 14.9. The Morgan fingerprint density at radius 2 is 0.953 bits per heavy atom. The van der Waals surface area contributed by atoms with Crippen molar-refractivity contribution in [1.82, 2.24) is 0 Å². The second-order valence-electron chi connectivity index (χ2n) is 17.3. The molecule has 2 aliphatic rings. The van der Waals surface area contributed by atoms with Gasteiger partial charge in [-0.2, -0.15) is 5.11 Å². The Hall–Kier alpha value is -7.95. The maximum atomic E-state index is 6.63. The quantitative estimate of drug-likeness (QED) is 0.158. The van der Waals surface area contributed by atoms with E-state index in [2.05, 4.69) is 220 Å². The minimum absolute atomic E-state index is 0.815. The van der Waals surface area contributed by atoms with Gasteiger partial charge in [0.25, 0.3) is 0 Å². The molecule has 2 unspecified atom stereocenters. The lowest BCUT2D eigenvalue weighted by atomic mass is 9.57. The Morgan fingerprint density at radius 3 is 1.69 bits per heavy atom. The Morgan fingerprint density at radius 1 is 0.422 bits per heavy atom. The molecule has 1 aromatic heterocycles. The summed E-state index contributed by atoms with van der Waals surface area (Å²) in [6, 6.07) is 76.0. The van der Waals surface area contributed by atoms with Gasteiger partial charge < -0.3 is 4.42 Å². The first-order valence-corrected chi connectivity index (χ1v) is 22.1. The van der Waals surface area contributed by atoms with Gasteiger partial charge in [-0.1, -0.05) is 200 Å². The molecule has 0 radical (unpaired) electrons. The molecule has 0 bridgehead atoms. The number of rotatable bonds is 7. The molecule has 0 saturated heterocycles. The smallest absolute Gasteiger partial charge is 0.136 e. The van der Waals surface area contributed by atoms with Crippen LogP contribution in [0.15, 0.2) is 232 Å². The highest BCUT2D eigenvalue weighted by atomic mass is 16.3. The van der Waals surface area contributed by atoms with Crippen LogP contribution in [0.4, 0.5) is 0 Å². The van der Waals surface area contributed by atoms with E-state index < -0.39 is 11.0 Å². The van der Waals surface area contributed by atoms with Crippen LogP contribution in [0, 0.1) is 0 Å². The van der Waals surface area contributed by atoms with Gasteiger partial charge in [0.05, 0.1) is 11.1 Å². The fraction of sp³-hybridized carbons (Fsp3) is 0.0833. The number of furan rings is 1. The minimum Gasteiger partial charge on any atom is -0.456 e. The van der Waals surface area contributed by atoms with Gasteiger partial charge in [-0.15, -0.1) is 5.10 Å². The Bertz CT molecular complexity index is 3500. The normalized spacial score (nSPS) is 17.6. The van der Waals surface area contributed by atoms with Crippen LogP contribution in [0.2, 0.25) is 0 Å². The lowest BCUT2D eigenvalue weighted by molar-refractivity contribution is 0.317. The van der Waals surface area contributed by atoms with E-state index in [9.17, 15) is 0 Å². The highest BCUT2D eigenvalue weighted by molar-refractivity contribution is 6.23. The molecule has 0 N–H and O–H groups in total. The van der Waals surface area contributed by atoms with E-state index in [4.69, 9.17) is 19.9 Å².